The molecule has 0 heterocycles. The number of hydrogen-bond donors (Lipinski definition) is 3. The van der Waals surface area contributed by atoms with Crippen molar-refractivity contribution in [3.05, 3.63) is 29.8 Å². The average molecular weight is 340 g/mol. The van der Waals surface area contributed by atoms with Gasteiger partial charge < -0.3 is 10.4 Å². The van der Waals surface area contributed by atoms with Gasteiger partial charge in [-0.05, 0) is 44.9 Å². The summed E-state index contributed by atoms with van der Waals surface area (Å²) in [4.78, 5) is 22.9. The molecule has 3 N–H and O–H groups in total. The Bertz CT molecular complexity index is 708. The number of benzene rings is 1. The van der Waals surface area contributed by atoms with Crippen LogP contribution in [0.2, 0.25) is 0 Å². The molecule has 0 radical (unpaired) electrons. The molecule has 0 atom stereocenters. The summed E-state index contributed by atoms with van der Waals surface area (Å²) in [6.45, 7) is 3.42. The quantitative estimate of drug-likeness (QED) is 0.714. The van der Waals surface area contributed by atoms with Crippen LogP contribution in [0, 0.1) is 5.92 Å². The Morgan fingerprint density at radius 2 is 1.91 bits per heavy atom. The predicted octanol–water partition coefficient (Wildman–Crippen LogP) is 0.966. The zero-order valence-corrected chi connectivity index (χ0v) is 13.8. The van der Waals surface area contributed by atoms with E-state index < -0.39 is 27.8 Å². The summed E-state index contributed by atoms with van der Waals surface area (Å²) in [5.74, 6) is -1.67. The minimum atomic E-state index is -3.66. The van der Waals surface area contributed by atoms with Crippen molar-refractivity contribution in [3.63, 3.8) is 0 Å². The maximum absolute atomic E-state index is 12.2. The van der Waals surface area contributed by atoms with E-state index in [0.29, 0.717) is 12.8 Å². The van der Waals surface area contributed by atoms with Crippen molar-refractivity contribution in [3.8, 4) is 0 Å². The van der Waals surface area contributed by atoms with Crippen LogP contribution in [0.25, 0.3) is 0 Å². The van der Waals surface area contributed by atoms with Gasteiger partial charge in [-0.15, -0.1) is 0 Å². The van der Waals surface area contributed by atoms with Crippen molar-refractivity contribution >= 4 is 21.9 Å². The van der Waals surface area contributed by atoms with E-state index in [-0.39, 0.29) is 22.5 Å². The molecule has 1 fully saturated rings. The number of rotatable bonds is 6. The number of hydrogen-bond acceptors (Lipinski definition) is 4. The van der Waals surface area contributed by atoms with E-state index in [9.17, 15) is 18.0 Å². The van der Waals surface area contributed by atoms with Gasteiger partial charge >= 0.3 is 5.97 Å². The van der Waals surface area contributed by atoms with Crippen molar-refractivity contribution < 1.29 is 23.1 Å². The van der Waals surface area contributed by atoms with Crippen LogP contribution in [0.1, 0.15) is 37.0 Å². The molecule has 1 amide bonds. The van der Waals surface area contributed by atoms with Crippen LogP contribution < -0.4 is 10.0 Å². The second-order valence-corrected chi connectivity index (χ2v) is 7.69. The van der Waals surface area contributed by atoms with Gasteiger partial charge in [-0.2, -0.15) is 0 Å². The molecule has 0 spiro atoms. The minimum Gasteiger partial charge on any atom is -0.481 e. The Labute approximate surface area is 135 Å². The van der Waals surface area contributed by atoms with E-state index in [0.717, 1.165) is 0 Å². The highest BCUT2D eigenvalue weighted by atomic mass is 32.2. The number of amides is 1. The summed E-state index contributed by atoms with van der Waals surface area (Å²) in [5, 5.41) is 11.5. The summed E-state index contributed by atoms with van der Waals surface area (Å²) in [7, 11) is -3.66. The summed E-state index contributed by atoms with van der Waals surface area (Å²) in [5.41, 5.74) is 0.232. The monoisotopic (exact) mass is 340 g/mol. The van der Waals surface area contributed by atoms with E-state index in [4.69, 9.17) is 5.11 Å². The summed E-state index contributed by atoms with van der Waals surface area (Å²) < 4.78 is 26.7. The first-order valence-electron chi connectivity index (χ1n) is 7.35. The highest BCUT2D eigenvalue weighted by Gasteiger charge is 2.35. The van der Waals surface area contributed by atoms with Crippen molar-refractivity contribution in [1.29, 1.82) is 0 Å². The first kappa shape index (κ1) is 17.4. The van der Waals surface area contributed by atoms with Crippen molar-refractivity contribution in [2.45, 2.75) is 43.7 Å². The van der Waals surface area contributed by atoms with Crippen LogP contribution >= 0.6 is 0 Å². The van der Waals surface area contributed by atoms with E-state index >= 15 is 0 Å². The van der Waals surface area contributed by atoms with E-state index in [1.807, 2.05) is 0 Å². The molecule has 2 rings (SSSR count). The maximum Gasteiger partial charge on any atom is 0.306 e. The van der Waals surface area contributed by atoms with E-state index in [1.54, 1.807) is 13.8 Å². The predicted molar refractivity (Wildman–Crippen MR) is 83.5 cm³/mol. The molecular weight excluding hydrogens is 320 g/mol. The van der Waals surface area contributed by atoms with Gasteiger partial charge in [-0.25, -0.2) is 13.1 Å². The number of aliphatic carboxylic acids is 1. The molecule has 1 saturated carbocycles. The van der Waals surface area contributed by atoms with Crippen molar-refractivity contribution in [1.82, 2.24) is 10.0 Å². The molecule has 1 aliphatic carbocycles. The van der Waals surface area contributed by atoms with Gasteiger partial charge in [0.1, 0.15) is 0 Å². The lowest BCUT2D eigenvalue weighted by Crippen LogP contribution is -2.46. The van der Waals surface area contributed by atoms with Gasteiger partial charge in [-0.3, -0.25) is 9.59 Å². The third-order valence-corrected chi connectivity index (χ3v) is 5.28. The smallest absolute Gasteiger partial charge is 0.306 e. The Kier molecular flexibility index (Phi) is 5.06. The van der Waals surface area contributed by atoms with Gasteiger partial charge in [0.2, 0.25) is 10.0 Å². The normalized spacial score (nSPS) is 20.8. The van der Waals surface area contributed by atoms with Gasteiger partial charge in [0.05, 0.1) is 10.8 Å². The molecule has 0 unspecified atom stereocenters. The number of carboxylic acids is 1. The molecule has 8 heteroatoms. The Morgan fingerprint density at radius 1 is 1.26 bits per heavy atom. The van der Waals surface area contributed by atoms with E-state index in [2.05, 4.69) is 10.0 Å². The molecule has 0 saturated heterocycles. The summed E-state index contributed by atoms with van der Waals surface area (Å²) in [6.07, 6.45) is 0.794. The Hall–Kier alpha value is -1.93. The van der Waals surface area contributed by atoms with Crippen molar-refractivity contribution in [2.75, 3.05) is 0 Å². The van der Waals surface area contributed by atoms with E-state index in [1.165, 1.54) is 24.3 Å². The first-order valence-corrected chi connectivity index (χ1v) is 8.83. The fourth-order valence-electron chi connectivity index (χ4n) is 2.39. The molecule has 23 heavy (non-hydrogen) atoms. The fourth-order valence-corrected chi connectivity index (χ4v) is 3.69. The van der Waals surface area contributed by atoms with Crippen LogP contribution in [-0.4, -0.2) is 37.5 Å². The average Bonchev–Trinajstić information content (AvgIpc) is 2.40. The number of carbonyl (C=O) groups is 2. The highest BCUT2D eigenvalue weighted by molar-refractivity contribution is 7.89. The number of sulfonamides is 1. The Morgan fingerprint density at radius 3 is 2.48 bits per heavy atom. The summed E-state index contributed by atoms with van der Waals surface area (Å²) in [6, 6.07) is 5.33. The largest absolute Gasteiger partial charge is 0.481 e. The summed E-state index contributed by atoms with van der Waals surface area (Å²) >= 11 is 0. The van der Waals surface area contributed by atoms with Gasteiger partial charge in [0, 0.05) is 17.6 Å². The third kappa shape index (κ3) is 4.29. The first-order chi connectivity index (χ1) is 10.7. The molecular formula is C15H20N2O5S. The second kappa shape index (κ2) is 6.67. The lowest BCUT2D eigenvalue weighted by atomic mass is 9.80. The molecule has 7 nitrogen and oxygen atoms in total. The molecule has 126 valence electrons. The van der Waals surface area contributed by atoms with Crippen LogP contribution in [0.5, 0.6) is 0 Å². The molecule has 1 aliphatic rings. The highest BCUT2D eigenvalue weighted by Crippen LogP contribution is 2.27. The molecule has 1 aromatic rings. The van der Waals surface area contributed by atoms with Crippen LogP contribution in [0.15, 0.2) is 29.2 Å². The maximum atomic E-state index is 12.2. The SMILES string of the molecule is CC(C)NS(=O)(=O)c1cccc(C(=O)NC2CC(C(=O)O)C2)c1. The van der Waals surface area contributed by atoms with Crippen molar-refractivity contribution in [2.24, 2.45) is 5.92 Å². The zero-order chi connectivity index (χ0) is 17.2. The topological polar surface area (TPSA) is 113 Å². The van der Waals surface area contributed by atoms with Crippen LogP contribution in [-0.2, 0) is 14.8 Å². The van der Waals surface area contributed by atoms with Gasteiger partial charge in [0.25, 0.3) is 5.91 Å². The third-order valence-electron chi connectivity index (χ3n) is 3.62. The van der Waals surface area contributed by atoms with Gasteiger partial charge in [-0.1, -0.05) is 6.07 Å². The standard InChI is InChI=1S/C15H20N2O5S/c1-9(2)17-23(21,22)13-5-3-4-10(8-13)14(18)16-12-6-11(7-12)15(19)20/h3-5,8-9,11-12,17H,6-7H2,1-2H3,(H,16,18)(H,19,20). The number of carboxylic acid groups (broad SMARTS) is 1. The molecule has 1 aromatic carbocycles. The Balaban J connectivity index is 2.05. The zero-order valence-electron chi connectivity index (χ0n) is 12.9. The van der Waals surface area contributed by atoms with Gasteiger partial charge in [0.15, 0.2) is 0 Å². The molecule has 0 aromatic heterocycles. The van der Waals surface area contributed by atoms with Crippen LogP contribution in [0.3, 0.4) is 0 Å². The lowest BCUT2D eigenvalue weighted by molar-refractivity contribution is -0.145. The van der Waals surface area contributed by atoms with Crippen LogP contribution in [0.4, 0.5) is 0 Å². The number of nitrogens with one attached hydrogen (secondary N) is 2. The molecule has 0 bridgehead atoms. The lowest BCUT2D eigenvalue weighted by Gasteiger charge is -2.32. The minimum absolute atomic E-state index is 0.0240. The number of carbonyl (C=O) groups excluding carboxylic acids is 1. The molecule has 0 aliphatic heterocycles. The second-order valence-electron chi connectivity index (χ2n) is 5.98. The fraction of sp³-hybridized carbons (Fsp3) is 0.467.